The molecule has 0 aromatic rings. The highest BCUT2D eigenvalue weighted by molar-refractivity contribution is 7.72. The molecule has 0 aromatic carbocycles. The molecule has 1 saturated heterocycles. The average molecular weight is 162 g/mol. The van der Waals surface area contributed by atoms with Gasteiger partial charge in [0, 0.05) is 13.0 Å². The largest absolute Gasteiger partial charge is 0.304 e. The van der Waals surface area contributed by atoms with Gasteiger partial charge in [0.05, 0.1) is 0 Å². The first kappa shape index (κ1) is 7.23. The first-order valence-corrected chi connectivity index (χ1v) is 3.77. The van der Waals surface area contributed by atoms with E-state index in [1.54, 1.807) is 0 Å². The summed E-state index contributed by atoms with van der Waals surface area (Å²) < 4.78 is 20.4. The maximum atomic E-state index is 10.5. The summed E-state index contributed by atoms with van der Waals surface area (Å²) in [4.78, 5) is 10.5. The zero-order valence-electron chi connectivity index (χ0n) is 5.05. The molecule has 1 amide bonds. The number of nitrogens with one attached hydrogen (secondary N) is 2. The van der Waals surface area contributed by atoms with Crippen molar-refractivity contribution in [3.63, 3.8) is 0 Å². The molecule has 1 aliphatic heterocycles. The predicted molar refractivity (Wildman–Crippen MR) is 34.7 cm³/mol. The lowest BCUT2D eigenvalue weighted by Crippen LogP contribution is -2.47. The summed E-state index contributed by atoms with van der Waals surface area (Å²) in [5, 5.41) is 4.56. The molecular formula is C4H6N2O3S. The quantitative estimate of drug-likeness (QED) is 0.406. The van der Waals surface area contributed by atoms with Gasteiger partial charge in [0.15, 0.2) is 0 Å². The summed E-state index contributed by atoms with van der Waals surface area (Å²) >= 11 is 0. The minimum atomic E-state index is -2.35. The third-order valence-corrected chi connectivity index (χ3v) is 1.64. The average Bonchev–Trinajstić information content (AvgIpc) is 1.88. The monoisotopic (exact) mass is 162 g/mol. The molecule has 0 spiro atoms. The van der Waals surface area contributed by atoms with Gasteiger partial charge in [-0.2, -0.15) is 8.42 Å². The van der Waals surface area contributed by atoms with E-state index in [2.05, 4.69) is 10.6 Å². The highest BCUT2D eigenvalue weighted by atomic mass is 32.2. The summed E-state index contributed by atoms with van der Waals surface area (Å²) in [5.41, 5.74) is 0. The molecule has 10 heavy (non-hydrogen) atoms. The second-order valence-corrected chi connectivity index (χ2v) is 2.67. The van der Waals surface area contributed by atoms with Gasteiger partial charge in [0.25, 0.3) is 0 Å². The molecule has 0 bridgehead atoms. The van der Waals surface area contributed by atoms with Gasteiger partial charge < -0.3 is 5.32 Å². The van der Waals surface area contributed by atoms with E-state index in [4.69, 9.17) is 0 Å². The lowest BCUT2D eigenvalue weighted by Gasteiger charge is -2.11. The van der Waals surface area contributed by atoms with Crippen LogP contribution in [0.25, 0.3) is 0 Å². The van der Waals surface area contributed by atoms with E-state index in [0.29, 0.717) is 13.0 Å². The molecule has 1 rings (SSSR count). The number of rotatable bonds is 0. The maximum absolute atomic E-state index is 10.5. The lowest BCUT2D eigenvalue weighted by atomic mass is 10.4. The van der Waals surface area contributed by atoms with Crippen LogP contribution in [0.4, 0.5) is 0 Å². The van der Waals surface area contributed by atoms with Crippen molar-refractivity contribution in [1.82, 2.24) is 10.6 Å². The predicted octanol–water partition coefficient (Wildman–Crippen LogP) is -1.94. The summed E-state index contributed by atoms with van der Waals surface area (Å²) in [6.45, 7) is 0.384. The van der Waals surface area contributed by atoms with E-state index in [0.717, 1.165) is 0 Å². The molecule has 1 aliphatic rings. The van der Waals surface area contributed by atoms with Crippen LogP contribution in [-0.2, 0) is 15.1 Å². The summed E-state index contributed by atoms with van der Waals surface area (Å²) in [6, 6.07) is 0. The van der Waals surface area contributed by atoms with Gasteiger partial charge in [0.1, 0.15) is 0 Å². The SMILES string of the molecule is O=C1CCNC(=S(=O)=O)N1. The van der Waals surface area contributed by atoms with Crippen molar-refractivity contribution in [3.05, 3.63) is 0 Å². The van der Waals surface area contributed by atoms with Gasteiger partial charge in [-0.25, -0.2) is 0 Å². The van der Waals surface area contributed by atoms with Crippen LogP contribution in [-0.4, -0.2) is 26.0 Å². The van der Waals surface area contributed by atoms with Crippen molar-refractivity contribution in [2.24, 2.45) is 0 Å². The molecular weight excluding hydrogens is 156 g/mol. The molecule has 56 valence electrons. The Morgan fingerprint density at radius 3 is 2.50 bits per heavy atom. The summed E-state index contributed by atoms with van der Waals surface area (Å²) in [6.07, 6.45) is 0.320. The van der Waals surface area contributed by atoms with Crippen LogP contribution in [0.3, 0.4) is 0 Å². The fourth-order valence-electron chi connectivity index (χ4n) is 0.623. The van der Waals surface area contributed by atoms with Crippen LogP contribution >= 0.6 is 0 Å². The number of hydrogen-bond donors (Lipinski definition) is 2. The molecule has 0 saturated carbocycles. The normalized spacial score (nSPS) is 18.4. The maximum Gasteiger partial charge on any atom is 0.250 e. The van der Waals surface area contributed by atoms with Gasteiger partial charge in [-0.3, -0.25) is 10.1 Å². The van der Waals surface area contributed by atoms with Gasteiger partial charge in [0.2, 0.25) is 21.3 Å². The van der Waals surface area contributed by atoms with E-state index in [1.807, 2.05) is 0 Å². The molecule has 2 N–H and O–H groups in total. The van der Waals surface area contributed by atoms with Crippen LogP contribution in [0.15, 0.2) is 0 Å². The minimum Gasteiger partial charge on any atom is -0.304 e. The third-order valence-electron chi connectivity index (χ3n) is 1.06. The van der Waals surface area contributed by atoms with Crippen molar-refractivity contribution in [3.8, 4) is 0 Å². The van der Waals surface area contributed by atoms with E-state index in [9.17, 15) is 13.2 Å². The highest BCUT2D eigenvalue weighted by Gasteiger charge is 2.12. The molecule has 0 atom stereocenters. The highest BCUT2D eigenvalue weighted by Crippen LogP contribution is 1.82. The first-order chi connectivity index (χ1) is 4.70. The topological polar surface area (TPSA) is 75.3 Å². The zero-order chi connectivity index (χ0) is 7.56. The van der Waals surface area contributed by atoms with Crippen LogP contribution in [0.5, 0.6) is 0 Å². The second kappa shape index (κ2) is 2.80. The Morgan fingerprint density at radius 2 is 2.10 bits per heavy atom. The van der Waals surface area contributed by atoms with E-state index < -0.39 is 10.3 Å². The Bertz CT molecular complexity index is 271. The van der Waals surface area contributed by atoms with Crippen LogP contribution in [0.2, 0.25) is 0 Å². The van der Waals surface area contributed by atoms with E-state index in [-0.39, 0.29) is 11.0 Å². The Labute approximate surface area is 59.0 Å². The van der Waals surface area contributed by atoms with Crippen molar-refractivity contribution in [1.29, 1.82) is 0 Å². The van der Waals surface area contributed by atoms with Gasteiger partial charge in [-0.05, 0) is 0 Å². The fourth-order valence-corrected chi connectivity index (χ4v) is 1.04. The Morgan fingerprint density at radius 1 is 1.40 bits per heavy atom. The number of carbonyl (C=O) groups is 1. The molecule has 1 fully saturated rings. The summed E-state index contributed by atoms with van der Waals surface area (Å²) in [5.74, 6) is -0.266. The lowest BCUT2D eigenvalue weighted by molar-refractivity contribution is -0.120. The second-order valence-electron chi connectivity index (χ2n) is 1.79. The zero-order valence-corrected chi connectivity index (χ0v) is 5.86. The molecule has 5 nitrogen and oxygen atoms in total. The molecule has 1 heterocycles. The van der Waals surface area contributed by atoms with Gasteiger partial charge in [-0.15, -0.1) is 0 Å². The molecule has 6 heteroatoms. The van der Waals surface area contributed by atoms with Crippen LogP contribution in [0.1, 0.15) is 6.42 Å². The van der Waals surface area contributed by atoms with Crippen LogP contribution < -0.4 is 10.6 Å². The smallest absolute Gasteiger partial charge is 0.250 e. The molecule has 0 aromatic heterocycles. The number of amides is 1. The minimum absolute atomic E-state index is 0.128. The van der Waals surface area contributed by atoms with Crippen molar-refractivity contribution in [2.45, 2.75) is 6.42 Å². The van der Waals surface area contributed by atoms with Crippen LogP contribution in [0, 0.1) is 0 Å². The van der Waals surface area contributed by atoms with E-state index >= 15 is 0 Å². The Kier molecular flexibility index (Phi) is 2.03. The Hall–Kier alpha value is -0.880. The van der Waals surface area contributed by atoms with Gasteiger partial charge in [-0.1, -0.05) is 0 Å². The Balaban J connectivity index is 2.84. The molecule has 0 aliphatic carbocycles. The van der Waals surface area contributed by atoms with Crippen molar-refractivity contribution in [2.75, 3.05) is 6.54 Å². The van der Waals surface area contributed by atoms with Gasteiger partial charge >= 0.3 is 0 Å². The molecule has 0 unspecified atom stereocenters. The standard InChI is InChI=1S/C4H6N2O3S/c7-3-1-2-5-4(6-3)10(8)9/h5H,1-2H2,(H,6,7). The van der Waals surface area contributed by atoms with Crippen molar-refractivity contribution >= 4 is 21.3 Å². The fraction of sp³-hybridized carbons (Fsp3) is 0.500. The third kappa shape index (κ3) is 1.55. The molecule has 0 radical (unpaired) electrons. The number of hydrogen-bond acceptors (Lipinski definition) is 3. The van der Waals surface area contributed by atoms with E-state index in [1.165, 1.54) is 0 Å². The first-order valence-electron chi connectivity index (χ1n) is 2.70. The van der Waals surface area contributed by atoms with Crippen molar-refractivity contribution < 1.29 is 13.2 Å². The summed E-state index contributed by atoms with van der Waals surface area (Å²) in [7, 11) is -2.35. The number of carbonyl (C=O) groups excluding carboxylic acids is 1.